The van der Waals surface area contributed by atoms with Gasteiger partial charge in [0.1, 0.15) is 5.75 Å². The largest absolute Gasteiger partial charge is 0.484 e. The number of alkyl halides is 3. The number of rotatable bonds is 4. The van der Waals surface area contributed by atoms with E-state index in [9.17, 15) is 13.2 Å². The first-order valence-corrected chi connectivity index (χ1v) is 6.48. The molecule has 0 heterocycles. The van der Waals surface area contributed by atoms with E-state index in [1.165, 1.54) is 6.42 Å². The van der Waals surface area contributed by atoms with Crippen molar-refractivity contribution in [1.82, 2.24) is 0 Å². The van der Waals surface area contributed by atoms with Gasteiger partial charge in [0.05, 0.1) is 0 Å². The van der Waals surface area contributed by atoms with Gasteiger partial charge in [-0.3, -0.25) is 0 Å². The zero-order valence-electron chi connectivity index (χ0n) is 10.8. The summed E-state index contributed by atoms with van der Waals surface area (Å²) in [6.07, 6.45) is -0.777. The first kappa shape index (κ1) is 14.0. The summed E-state index contributed by atoms with van der Waals surface area (Å²) in [7, 11) is 0. The summed E-state index contributed by atoms with van der Waals surface area (Å²) in [4.78, 5) is 0. The Labute approximate surface area is 111 Å². The van der Waals surface area contributed by atoms with Crippen molar-refractivity contribution in [3.63, 3.8) is 0 Å². The third-order valence-electron chi connectivity index (χ3n) is 3.32. The molecule has 0 aromatic heterocycles. The highest BCUT2D eigenvalue weighted by Crippen LogP contribution is 2.28. The van der Waals surface area contributed by atoms with Crippen LogP contribution in [0.5, 0.6) is 5.75 Å². The summed E-state index contributed by atoms with van der Waals surface area (Å²) in [5, 5.41) is 3.39. The number of ether oxygens (including phenoxy) is 1. The molecule has 0 spiro atoms. The van der Waals surface area contributed by atoms with E-state index in [0.29, 0.717) is 6.04 Å². The van der Waals surface area contributed by atoms with Crippen molar-refractivity contribution in [3.05, 3.63) is 24.3 Å². The van der Waals surface area contributed by atoms with Crippen LogP contribution in [0.15, 0.2) is 24.3 Å². The van der Waals surface area contributed by atoms with Gasteiger partial charge in [-0.25, -0.2) is 0 Å². The molecule has 1 saturated carbocycles. The molecular formula is C14H18F3NO. The number of benzene rings is 1. The number of halogens is 3. The molecule has 19 heavy (non-hydrogen) atoms. The first-order valence-electron chi connectivity index (χ1n) is 6.48. The maximum absolute atomic E-state index is 12.0. The predicted molar refractivity (Wildman–Crippen MR) is 68.4 cm³/mol. The smallest absolute Gasteiger partial charge is 0.422 e. The van der Waals surface area contributed by atoms with Crippen LogP contribution < -0.4 is 10.1 Å². The Kier molecular flexibility index (Phi) is 4.22. The van der Waals surface area contributed by atoms with Crippen LogP contribution in [0.1, 0.15) is 26.2 Å². The number of nitrogens with one attached hydrogen (secondary N) is 1. The summed E-state index contributed by atoms with van der Waals surface area (Å²) < 4.78 is 40.6. The highest BCUT2D eigenvalue weighted by molar-refractivity contribution is 5.47. The Hall–Kier alpha value is -1.39. The minimum absolute atomic E-state index is 0.239. The molecule has 2 atom stereocenters. The second-order valence-electron chi connectivity index (χ2n) is 5.19. The van der Waals surface area contributed by atoms with Crippen LogP contribution in [-0.2, 0) is 0 Å². The molecule has 0 radical (unpaired) electrons. The molecule has 2 nitrogen and oxygen atoms in total. The summed E-state index contributed by atoms with van der Waals surface area (Å²) >= 11 is 0. The van der Waals surface area contributed by atoms with Crippen molar-refractivity contribution < 1.29 is 17.9 Å². The van der Waals surface area contributed by atoms with Crippen molar-refractivity contribution >= 4 is 5.69 Å². The second kappa shape index (κ2) is 5.72. The van der Waals surface area contributed by atoms with E-state index in [2.05, 4.69) is 17.0 Å². The van der Waals surface area contributed by atoms with Gasteiger partial charge >= 0.3 is 6.18 Å². The van der Waals surface area contributed by atoms with E-state index in [1.807, 2.05) is 0 Å². The molecule has 1 aliphatic carbocycles. The zero-order chi connectivity index (χ0) is 13.9. The van der Waals surface area contributed by atoms with E-state index in [1.54, 1.807) is 24.3 Å². The second-order valence-corrected chi connectivity index (χ2v) is 5.19. The summed E-state index contributed by atoms with van der Waals surface area (Å²) in [5.41, 5.74) is 0.929. The Bertz CT molecular complexity index is 402. The van der Waals surface area contributed by atoms with Crippen molar-refractivity contribution in [3.8, 4) is 5.75 Å². The van der Waals surface area contributed by atoms with Crippen LogP contribution in [0.3, 0.4) is 0 Å². The lowest BCUT2D eigenvalue weighted by molar-refractivity contribution is -0.153. The van der Waals surface area contributed by atoms with Crippen LogP contribution in [0.2, 0.25) is 0 Å². The van der Waals surface area contributed by atoms with Crippen molar-refractivity contribution in [2.75, 3.05) is 11.9 Å². The fourth-order valence-corrected chi connectivity index (χ4v) is 2.39. The lowest BCUT2D eigenvalue weighted by Gasteiger charge is -2.14. The maximum atomic E-state index is 12.0. The monoisotopic (exact) mass is 273 g/mol. The van der Waals surface area contributed by atoms with Crippen molar-refractivity contribution in [2.24, 2.45) is 5.92 Å². The molecular weight excluding hydrogens is 255 g/mol. The molecule has 1 N–H and O–H groups in total. The molecule has 1 aromatic rings. The summed E-state index contributed by atoms with van der Waals surface area (Å²) in [5.74, 6) is 0.981. The van der Waals surface area contributed by atoms with Crippen molar-refractivity contribution in [2.45, 2.75) is 38.4 Å². The minimum atomic E-state index is -4.29. The summed E-state index contributed by atoms with van der Waals surface area (Å²) in [6.45, 7) is 0.982. The summed E-state index contributed by atoms with van der Waals surface area (Å²) in [6, 6.07) is 7.11. The van der Waals surface area contributed by atoms with Gasteiger partial charge in [-0.15, -0.1) is 0 Å². The Morgan fingerprint density at radius 3 is 2.42 bits per heavy atom. The van der Waals surface area contributed by atoms with Gasteiger partial charge in [0.2, 0.25) is 0 Å². The molecule has 2 rings (SSSR count). The molecule has 2 unspecified atom stereocenters. The normalized spacial score (nSPS) is 23.4. The SMILES string of the molecule is CC1CCC(Nc2ccc(OCC(F)(F)F)cc2)C1. The molecule has 0 bridgehead atoms. The third-order valence-corrected chi connectivity index (χ3v) is 3.32. The van der Waals surface area contributed by atoms with Gasteiger partial charge in [0.25, 0.3) is 0 Å². The van der Waals surface area contributed by atoms with E-state index in [0.717, 1.165) is 24.4 Å². The van der Waals surface area contributed by atoms with Crippen LogP contribution in [-0.4, -0.2) is 18.8 Å². The van der Waals surface area contributed by atoms with Crippen LogP contribution >= 0.6 is 0 Å². The Morgan fingerprint density at radius 1 is 1.21 bits per heavy atom. The van der Waals surface area contributed by atoms with Crippen LogP contribution in [0.25, 0.3) is 0 Å². The average molecular weight is 273 g/mol. The number of hydrogen-bond acceptors (Lipinski definition) is 2. The van der Waals surface area contributed by atoms with E-state index in [4.69, 9.17) is 0 Å². The van der Waals surface area contributed by atoms with E-state index < -0.39 is 12.8 Å². The topological polar surface area (TPSA) is 21.3 Å². The number of anilines is 1. The molecule has 0 aliphatic heterocycles. The molecule has 1 aliphatic rings. The third kappa shape index (κ3) is 4.65. The molecule has 1 aromatic carbocycles. The molecule has 1 fully saturated rings. The minimum Gasteiger partial charge on any atom is -0.484 e. The standard InChI is InChI=1S/C14H18F3NO/c1-10-2-3-12(8-10)18-11-4-6-13(7-5-11)19-9-14(15,16)17/h4-7,10,12,18H,2-3,8-9H2,1H3. The average Bonchev–Trinajstić information content (AvgIpc) is 2.73. The molecule has 0 amide bonds. The quantitative estimate of drug-likeness (QED) is 0.886. The fourth-order valence-electron chi connectivity index (χ4n) is 2.39. The van der Waals surface area contributed by atoms with Gasteiger partial charge in [0, 0.05) is 11.7 Å². The fraction of sp³-hybridized carbons (Fsp3) is 0.571. The highest BCUT2D eigenvalue weighted by Gasteiger charge is 2.28. The van der Waals surface area contributed by atoms with Crippen molar-refractivity contribution in [1.29, 1.82) is 0 Å². The van der Waals surface area contributed by atoms with Gasteiger partial charge in [0.15, 0.2) is 6.61 Å². The van der Waals surface area contributed by atoms with Gasteiger partial charge in [-0.2, -0.15) is 13.2 Å². The number of hydrogen-bond donors (Lipinski definition) is 1. The van der Waals surface area contributed by atoms with Gasteiger partial charge in [-0.05, 0) is 49.4 Å². The predicted octanol–water partition coefficient (Wildman–Crippen LogP) is 4.23. The van der Waals surface area contributed by atoms with E-state index >= 15 is 0 Å². The van der Waals surface area contributed by atoms with Gasteiger partial charge < -0.3 is 10.1 Å². The van der Waals surface area contributed by atoms with Crippen LogP contribution in [0, 0.1) is 5.92 Å². The van der Waals surface area contributed by atoms with Gasteiger partial charge in [-0.1, -0.05) is 6.92 Å². The van der Waals surface area contributed by atoms with E-state index in [-0.39, 0.29) is 5.75 Å². The lowest BCUT2D eigenvalue weighted by Crippen LogP contribution is -2.19. The Balaban J connectivity index is 1.84. The zero-order valence-corrected chi connectivity index (χ0v) is 10.8. The lowest BCUT2D eigenvalue weighted by atomic mass is 10.1. The highest BCUT2D eigenvalue weighted by atomic mass is 19.4. The first-order chi connectivity index (χ1) is 8.92. The Morgan fingerprint density at radius 2 is 1.89 bits per heavy atom. The van der Waals surface area contributed by atoms with Crippen LogP contribution in [0.4, 0.5) is 18.9 Å². The maximum Gasteiger partial charge on any atom is 0.422 e. The molecule has 5 heteroatoms. The molecule has 106 valence electrons. The molecule has 0 saturated heterocycles.